The smallest absolute Gasteiger partial charge is 0.254 e. The van der Waals surface area contributed by atoms with Gasteiger partial charge in [0.1, 0.15) is 0 Å². The van der Waals surface area contributed by atoms with Crippen molar-refractivity contribution in [2.45, 2.75) is 13.8 Å². The number of benzene rings is 1. The van der Waals surface area contributed by atoms with Crippen LogP contribution in [0.15, 0.2) is 18.2 Å². The molecule has 0 aliphatic carbocycles. The molecular formula is C12H14N2O. The molecule has 0 aliphatic heterocycles. The number of carbonyl (C=O) groups is 1. The summed E-state index contributed by atoms with van der Waals surface area (Å²) >= 11 is 0. The van der Waals surface area contributed by atoms with Gasteiger partial charge in [-0.25, -0.2) is 0 Å². The second kappa shape index (κ2) is 5.06. The van der Waals surface area contributed by atoms with Crippen LogP contribution in [0.25, 0.3) is 0 Å². The largest absolute Gasteiger partial charge is 0.398 e. The summed E-state index contributed by atoms with van der Waals surface area (Å²) in [5, 5.41) is 2.68. The Kier molecular flexibility index (Phi) is 3.75. The van der Waals surface area contributed by atoms with E-state index in [2.05, 4.69) is 17.2 Å². The Bertz CT molecular complexity index is 427. The Morgan fingerprint density at radius 2 is 2.27 bits per heavy atom. The van der Waals surface area contributed by atoms with Crippen molar-refractivity contribution in [3.8, 4) is 11.8 Å². The molecule has 0 unspecified atom stereocenters. The van der Waals surface area contributed by atoms with Crippen molar-refractivity contribution in [3.63, 3.8) is 0 Å². The fraction of sp³-hybridized carbons (Fsp3) is 0.250. The molecule has 0 bridgehead atoms. The van der Waals surface area contributed by atoms with Crippen LogP contribution in [-0.4, -0.2) is 12.5 Å². The van der Waals surface area contributed by atoms with Gasteiger partial charge in [0.2, 0.25) is 0 Å². The Balaban J connectivity index is 2.80. The molecule has 0 saturated heterocycles. The van der Waals surface area contributed by atoms with E-state index in [1.54, 1.807) is 19.1 Å². The van der Waals surface area contributed by atoms with Crippen LogP contribution in [0.1, 0.15) is 22.8 Å². The van der Waals surface area contributed by atoms with Crippen LogP contribution in [0.2, 0.25) is 0 Å². The Hall–Kier alpha value is -1.95. The molecule has 0 aliphatic rings. The molecule has 1 rings (SSSR count). The van der Waals surface area contributed by atoms with Gasteiger partial charge in [-0.05, 0) is 26.0 Å². The third kappa shape index (κ3) is 3.03. The van der Waals surface area contributed by atoms with Crippen LogP contribution in [0.3, 0.4) is 0 Å². The number of nitrogens with one attached hydrogen (secondary N) is 1. The van der Waals surface area contributed by atoms with Gasteiger partial charge in [0.25, 0.3) is 5.91 Å². The summed E-state index contributed by atoms with van der Waals surface area (Å²) in [6.45, 7) is 4.00. The number of aryl methyl sites for hydroxylation is 1. The van der Waals surface area contributed by atoms with Gasteiger partial charge in [-0.1, -0.05) is 17.6 Å². The molecule has 0 atom stereocenters. The number of nitrogens with two attached hydrogens (primary N) is 1. The number of hydrogen-bond acceptors (Lipinski definition) is 2. The molecule has 1 aromatic carbocycles. The minimum Gasteiger partial charge on any atom is -0.398 e. The molecular weight excluding hydrogens is 188 g/mol. The predicted octanol–water partition coefficient (Wildman–Crippen LogP) is 1.33. The lowest BCUT2D eigenvalue weighted by atomic mass is 10.1. The quantitative estimate of drug-likeness (QED) is 0.561. The average Bonchev–Trinajstić information content (AvgIpc) is 2.22. The van der Waals surface area contributed by atoms with Gasteiger partial charge in [-0.15, -0.1) is 5.92 Å². The van der Waals surface area contributed by atoms with E-state index >= 15 is 0 Å². The summed E-state index contributed by atoms with van der Waals surface area (Å²) in [5.74, 6) is 5.28. The van der Waals surface area contributed by atoms with Crippen LogP contribution in [0.4, 0.5) is 5.69 Å². The summed E-state index contributed by atoms with van der Waals surface area (Å²) in [6, 6.07) is 5.37. The van der Waals surface area contributed by atoms with Crippen molar-refractivity contribution < 1.29 is 4.79 Å². The first-order valence-electron chi connectivity index (χ1n) is 4.69. The third-order valence-corrected chi connectivity index (χ3v) is 1.97. The van der Waals surface area contributed by atoms with Gasteiger partial charge < -0.3 is 11.1 Å². The highest BCUT2D eigenvalue weighted by Crippen LogP contribution is 2.13. The van der Waals surface area contributed by atoms with Crippen LogP contribution >= 0.6 is 0 Å². The van der Waals surface area contributed by atoms with Crippen LogP contribution < -0.4 is 11.1 Å². The fourth-order valence-corrected chi connectivity index (χ4v) is 1.17. The molecule has 0 saturated carbocycles. The normalized spacial score (nSPS) is 8.93. The molecule has 0 heterocycles. The molecule has 3 heteroatoms. The number of carbonyl (C=O) groups excluding carboxylic acids is 1. The van der Waals surface area contributed by atoms with Gasteiger partial charge >= 0.3 is 0 Å². The number of nitrogen functional groups attached to an aromatic ring is 1. The lowest BCUT2D eigenvalue weighted by Gasteiger charge is -2.05. The molecule has 0 spiro atoms. The standard InChI is InChI=1S/C12H14N2O/c1-3-4-7-14-12(15)10-8-9(2)5-6-11(10)13/h5-6,8H,7,13H2,1-2H3,(H,14,15). The monoisotopic (exact) mass is 202 g/mol. The first-order valence-corrected chi connectivity index (χ1v) is 4.69. The topological polar surface area (TPSA) is 55.1 Å². The van der Waals surface area contributed by atoms with Crippen molar-refractivity contribution in [3.05, 3.63) is 29.3 Å². The van der Waals surface area contributed by atoms with E-state index < -0.39 is 0 Å². The van der Waals surface area contributed by atoms with Crippen molar-refractivity contribution in [1.82, 2.24) is 5.32 Å². The van der Waals surface area contributed by atoms with E-state index in [1.807, 2.05) is 13.0 Å². The fourth-order valence-electron chi connectivity index (χ4n) is 1.17. The molecule has 1 aromatic rings. The highest BCUT2D eigenvalue weighted by molar-refractivity contribution is 5.99. The molecule has 78 valence electrons. The van der Waals surface area contributed by atoms with Crippen LogP contribution in [0, 0.1) is 18.8 Å². The minimum absolute atomic E-state index is 0.182. The van der Waals surface area contributed by atoms with E-state index in [-0.39, 0.29) is 5.91 Å². The van der Waals surface area contributed by atoms with E-state index in [0.29, 0.717) is 17.8 Å². The lowest BCUT2D eigenvalue weighted by Crippen LogP contribution is -2.24. The maximum absolute atomic E-state index is 11.6. The summed E-state index contributed by atoms with van der Waals surface area (Å²) < 4.78 is 0. The van der Waals surface area contributed by atoms with Crippen molar-refractivity contribution in [1.29, 1.82) is 0 Å². The SMILES string of the molecule is CC#CCNC(=O)c1cc(C)ccc1N. The molecule has 1 amide bonds. The van der Waals surface area contributed by atoms with Gasteiger partial charge in [-0.3, -0.25) is 4.79 Å². The maximum Gasteiger partial charge on any atom is 0.254 e. The molecule has 3 N–H and O–H groups in total. The van der Waals surface area contributed by atoms with E-state index in [1.165, 1.54) is 0 Å². The molecule has 3 nitrogen and oxygen atoms in total. The minimum atomic E-state index is -0.182. The van der Waals surface area contributed by atoms with E-state index in [9.17, 15) is 4.79 Å². The van der Waals surface area contributed by atoms with E-state index in [0.717, 1.165) is 5.56 Å². The molecule has 0 aromatic heterocycles. The third-order valence-electron chi connectivity index (χ3n) is 1.97. The number of anilines is 1. The molecule has 0 radical (unpaired) electrons. The summed E-state index contributed by atoms with van der Waals surface area (Å²) in [5.41, 5.74) is 7.70. The number of hydrogen-bond donors (Lipinski definition) is 2. The number of rotatable bonds is 2. The van der Waals surface area contributed by atoms with Crippen molar-refractivity contribution in [2.24, 2.45) is 0 Å². The highest BCUT2D eigenvalue weighted by atomic mass is 16.1. The van der Waals surface area contributed by atoms with Gasteiger partial charge in [0.15, 0.2) is 0 Å². The van der Waals surface area contributed by atoms with Gasteiger partial charge in [0, 0.05) is 5.69 Å². The zero-order chi connectivity index (χ0) is 11.3. The first-order chi connectivity index (χ1) is 7.15. The Labute approximate surface area is 89.7 Å². The Morgan fingerprint density at radius 1 is 1.53 bits per heavy atom. The highest BCUT2D eigenvalue weighted by Gasteiger charge is 2.08. The molecule has 15 heavy (non-hydrogen) atoms. The average molecular weight is 202 g/mol. The predicted molar refractivity (Wildman–Crippen MR) is 61.4 cm³/mol. The zero-order valence-corrected chi connectivity index (χ0v) is 8.92. The molecule has 0 fully saturated rings. The van der Waals surface area contributed by atoms with Gasteiger partial charge in [0.05, 0.1) is 12.1 Å². The summed E-state index contributed by atoms with van der Waals surface area (Å²) in [7, 11) is 0. The second-order valence-electron chi connectivity index (χ2n) is 3.20. The maximum atomic E-state index is 11.6. The zero-order valence-electron chi connectivity index (χ0n) is 8.92. The first kappa shape index (κ1) is 11.1. The van der Waals surface area contributed by atoms with Crippen LogP contribution in [-0.2, 0) is 0 Å². The second-order valence-corrected chi connectivity index (χ2v) is 3.20. The lowest BCUT2D eigenvalue weighted by molar-refractivity contribution is 0.0959. The summed E-state index contributed by atoms with van der Waals surface area (Å²) in [4.78, 5) is 11.6. The number of amides is 1. The van der Waals surface area contributed by atoms with Crippen molar-refractivity contribution >= 4 is 11.6 Å². The van der Waals surface area contributed by atoms with Crippen LogP contribution in [0.5, 0.6) is 0 Å². The van der Waals surface area contributed by atoms with Crippen molar-refractivity contribution in [2.75, 3.05) is 12.3 Å². The van der Waals surface area contributed by atoms with E-state index in [4.69, 9.17) is 5.73 Å². The Morgan fingerprint density at radius 3 is 2.93 bits per heavy atom. The van der Waals surface area contributed by atoms with Gasteiger partial charge in [-0.2, -0.15) is 0 Å². The summed E-state index contributed by atoms with van der Waals surface area (Å²) in [6.07, 6.45) is 0.